The third kappa shape index (κ3) is 5.66. The Kier molecular flexibility index (Phi) is 8.46. The lowest BCUT2D eigenvalue weighted by Crippen LogP contribution is -2.37. The lowest BCUT2D eigenvalue weighted by atomic mass is 9.78. The first-order valence-corrected chi connectivity index (χ1v) is 19.7. The van der Waals surface area contributed by atoms with Crippen LogP contribution in [-0.2, 0) is 11.0 Å². The summed E-state index contributed by atoms with van der Waals surface area (Å²) in [4.78, 5) is 2.48. The van der Waals surface area contributed by atoms with Crippen LogP contribution in [0.5, 0.6) is 0 Å². The fraction of sp³-hybridized carbons (Fsp3) is 0.216. The third-order valence-corrected chi connectivity index (χ3v) is 12.3. The molecule has 9 rings (SSSR count). The molecule has 0 saturated carbocycles. The predicted molar refractivity (Wildman–Crippen MR) is 233 cm³/mol. The Morgan fingerprint density at radius 3 is 1.87 bits per heavy atom. The fourth-order valence-electron chi connectivity index (χ4n) is 9.68. The van der Waals surface area contributed by atoms with Crippen LogP contribution in [0.2, 0.25) is 0 Å². The average Bonchev–Trinajstić information content (AvgIpc) is 3.53. The fourth-order valence-corrected chi connectivity index (χ4v) is 9.68. The van der Waals surface area contributed by atoms with E-state index in [4.69, 9.17) is 0 Å². The Morgan fingerprint density at radius 1 is 0.636 bits per heavy atom. The van der Waals surface area contributed by atoms with Crippen LogP contribution in [0.25, 0.3) is 21.5 Å². The third-order valence-electron chi connectivity index (χ3n) is 12.3. The molecule has 0 fully saturated rings. The maximum Gasteiger partial charge on any atom is 0.213 e. The van der Waals surface area contributed by atoms with Gasteiger partial charge < -0.3 is 4.90 Å². The van der Waals surface area contributed by atoms with Gasteiger partial charge in [0, 0.05) is 49.0 Å². The monoisotopic (exact) mass is 718 g/mol. The molecule has 0 spiro atoms. The maximum absolute atomic E-state index is 2.48. The first kappa shape index (κ1) is 34.7. The summed E-state index contributed by atoms with van der Waals surface area (Å²) < 4.78 is 4.83. The van der Waals surface area contributed by atoms with Gasteiger partial charge in [-0.1, -0.05) is 97.1 Å². The lowest BCUT2D eigenvalue weighted by Gasteiger charge is -2.33. The highest BCUT2D eigenvalue weighted by molar-refractivity contribution is 6.07. The number of hydrazine groups is 1. The van der Waals surface area contributed by atoms with Crippen molar-refractivity contribution < 1.29 is 9.26 Å². The molecule has 1 aliphatic carbocycles. The molecule has 0 bridgehead atoms. The van der Waals surface area contributed by atoms with E-state index in [9.17, 15) is 0 Å². The van der Waals surface area contributed by atoms with E-state index < -0.39 is 0 Å². The smallest absolute Gasteiger partial charge is 0.213 e. The number of nitrogens with zero attached hydrogens (tertiary/aromatic N) is 4. The van der Waals surface area contributed by atoms with Gasteiger partial charge in [0.2, 0.25) is 11.2 Å². The summed E-state index contributed by atoms with van der Waals surface area (Å²) >= 11 is 0. The molecule has 272 valence electrons. The Labute approximate surface area is 326 Å². The van der Waals surface area contributed by atoms with Crippen LogP contribution in [0, 0.1) is 0 Å². The molecule has 4 nitrogen and oxygen atoms in total. The Hall–Kier alpha value is -6.00. The zero-order valence-electron chi connectivity index (χ0n) is 32.9. The van der Waals surface area contributed by atoms with E-state index in [1.54, 1.807) is 0 Å². The zero-order valence-corrected chi connectivity index (χ0v) is 32.9. The molecule has 0 amide bonds. The second kappa shape index (κ2) is 13.4. The summed E-state index contributed by atoms with van der Waals surface area (Å²) in [5.74, 6) is 0. The van der Waals surface area contributed by atoms with Crippen LogP contribution in [0.1, 0.15) is 58.1 Å². The second-order valence-corrected chi connectivity index (χ2v) is 16.3. The molecule has 55 heavy (non-hydrogen) atoms. The number of hydrogen-bond acceptors (Lipinski definition) is 2. The highest BCUT2D eigenvalue weighted by Crippen LogP contribution is 2.46. The van der Waals surface area contributed by atoms with Crippen LogP contribution in [0.3, 0.4) is 0 Å². The van der Waals surface area contributed by atoms with E-state index in [1.165, 1.54) is 66.6 Å². The van der Waals surface area contributed by atoms with E-state index in [2.05, 4.69) is 219 Å². The number of hydrogen-bond donors (Lipinski definition) is 0. The number of hydrazone groups is 1. The molecule has 0 radical (unpaired) electrons. The first-order valence-electron chi connectivity index (χ1n) is 19.7. The molecule has 0 unspecified atom stereocenters. The Morgan fingerprint density at radius 2 is 1.22 bits per heavy atom. The molecular weight excluding hydrogens is 669 g/mol. The number of benzene rings is 6. The Balaban J connectivity index is 1.21. The van der Waals surface area contributed by atoms with Crippen LogP contribution >= 0.6 is 0 Å². The number of allylic oxidation sites excluding steroid dienone is 5. The SMILES string of the molecule is CN1c2ccc3ccccc3c2C(C)(C)/[N+]1=C\C=C1/CCCC(/C=C/C2=[N+](C)c3ccc4ccccc4c3C2(C)C)=C1N(c1ccccc1)c1ccccc1. The molecule has 3 aliphatic rings. The number of anilines is 3. The van der Waals surface area contributed by atoms with Crippen molar-refractivity contribution in [2.45, 2.75) is 57.9 Å². The number of rotatable bonds is 6. The molecule has 0 atom stereocenters. The van der Waals surface area contributed by atoms with E-state index in [-0.39, 0.29) is 11.0 Å². The molecular formula is C51H50N4+2. The van der Waals surface area contributed by atoms with Crippen LogP contribution in [-0.4, -0.2) is 35.3 Å². The maximum atomic E-state index is 2.48. The predicted octanol–water partition coefficient (Wildman–Crippen LogP) is 12.1. The number of fused-ring (bicyclic) bond motifs is 6. The van der Waals surface area contributed by atoms with Gasteiger partial charge in [-0.05, 0) is 102 Å². The minimum Gasteiger partial charge on any atom is -0.310 e. The molecule has 6 aromatic rings. The molecule has 6 aromatic carbocycles. The van der Waals surface area contributed by atoms with E-state index in [0.717, 1.165) is 30.6 Å². The van der Waals surface area contributed by atoms with Gasteiger partial charge in [-0.2, -0.15) is 9.58 Å². The van der Waals surface area contributed by atoms with Crippen LogP contribution in [0.15, 0.2) is 169 Å². The highest BCUT2D eigenvalue weighted by Gasteiger charge is 2.47. The highest BCUT2D eigenvalue weighted by atomic mass is 15.6. The van der Waals surface area contributed by atoms with Gasteiger partial charge in [-0.25, -0.2) is 0 Å². The van der Waals surface area contributed by atoms with E-state index in [1.807, 2.05) is 0 Å². The van der Waals surface area contributed by atoms with Gasteiger partial charge in [0.15, 0.2) is 11.9 Å². The zero-order chi connectivity index (χ0) is 37.9. The molecule has 0 N–H and O–H groups in total. The first-order chi connectivity index (χ1) is 26.7. The summed E-state index contributed by atoms with van der Waals surface area (Å²) in [7, 11) is 4.43. The van der Waals surface area contributed by atoms with Crippen molar-refractivity contribution in [3.05, 3.63) is 180 Å². The van der Waals surface area contributed by atoms with Gasteiger partial charge in [0.1, 0.15) is 12.7 Å². The quantitative estimate of drug-likeness (QED) is 0.159. The van der Waals surface area contributed by atoms with Crippen molar-refractivity contribution >= 4 is 56.2 Å². The van der Waals surface area contributed by atoms with E-state index in [0.29, 0.717) is 0 Å². The summed E-state index contributed by atoms with van der Waals surface area (Å²) in [6, 6.07) is 48.5. The van der Waals surface area contributed by atoms with Crippen molar-refractivity contribution in [1.82, 2.24) is 0 Å². The Bertz CT molecular complexity index is 2600. The summed E-state index contributed by atoms with van der Waals surface area (Å²) in [5.41, 5.74) is 12.5. The minimum atomic E-state index is -0.240. The summed E-state index contributed by atoms with van der Waals surface area (Å²) in [5, 5.41) is 7.55. The number of para-hydroxylation sites is 2. The van der Waals surface area contributed by atoms with Gasteiger partial charge in [0.05, 0.1) is 23.7 Å². The van der Waals surface area contributed by atoms with Crippen molar-refractivity contribution in [2.24, 2.45) is 0 Å². The van der Waals surface area contributed by atoms with Crippen LogP contribution in [0.4, 0.5) is 22.7 Å². The molecule has 2 aliphatic heterocycles. The van der Waals surface area contributed by atoms with Gasteiger partial charge >= 0.3 is 0 Å². The summed E-state index contributed by atoms with van der Waals surface area (Å²) in [6.07, 6.45) is 12.6. The van der Waals surface area contributed by atoms with Gasteiger partial charge in [-0.3, -0.25) is 0 Å². The van der Waals surface area contributed by atoms with Gasteiger partial charge in [-0.15, -0.1) is 4.68 Å². The molecule has 0 aromatic heterocycles. The van der Waals surface area contributed by atoms with Gasteiger partial charge in [0.25, 0.3) is 0 Å². The second-order valence-electron chi connectivity index (χ2n) is 16.3. The van der Waals surface area contributed by atoms with Crippen molar-refractivity contribution in [1.29, 1.82) is 0 Å². The molecule has 2 heterocycles. The van der Waals surface area contributed by atoms with Crippen LogP contribution < -0.4 is 9.91 Å². The van der Waals surface area contributed by atoms with Crippen molar-refractivity contribution in [3.8, 4) is 0 Å². The van der Waals surface area contributed by atoms with E-state index >= 15 is 0 Å². The molecule has 4 heteroatoms. The largest absolute Gasteiger partial charge is 0.310 e. The standard InChI is InChI=1S/C51H50N4/c1-50(2)46(52(5)44-31-28-36-18-13-15-26-42(36)47(44)50)33-30-38-20-17-21-39(49(38)55(40-22-9-7-10-23-40)41-24-11-8-12-25-41)34-35-54-51(3,4)48-43-27-16-14-19-37(43)29-32-45(48)53(54)6/h7-16,18-19,22-35H,17,20-21H2,1-6H3/q+2. The topological polar surface area (TPSA) is 12.5 Å². The van der Waals surface area contributed by atoms with Crippen molar-refractivity contribution in [2.75, 3.05) is 24.0 Å². The van der Waals surface area contributed by atoms with Crippen molar-refractivity contribution in [3.63, 3.8) is 0 Å². The molecule has 0 saturated heterocycles. The normalized spacial score (nSPS) is 19.0. The summed E-state index contributed by atoms with van der Waals surface area (Å²) in [6.45, 7) is 9.46. The average molecular weight is 719 g/mol. The minimum absolute atomic E-state index is 0.160. The lowest BCUT2D eigenvalue weighted by molar-refractivity contribution is -0.603.